The first-order chi connectivity index (χ1) is 26.7. The van der Waals surface area contributed by atoms with Gasteiger partial charge in [0, 0.05) is 37.6 Å². The summed E-state index contributed by atoms with van der Waals surface area (Å²) in [6.07, 6.45) is 29.4. The monoisotopic (exact) mass is 803 g/mol. The van der Waals surface area contributed by atoms with Gasteiger partial charge in [0.25, 0.3) is 0 Å². The second-order valence-electron chi connectivity index (χ2n) is 15.0. The van der Waals surface area contributed by atoms with Crippen LogP contribution in [0.1, 0.15) is 162 Å². The van der Waals surface area contributed by atoms with Gasteiger partial charge in [0.15, 0.2) is 6.10 Å². The maximum atomic E-state index is 12.7. The van der Waals surface area contributed by atoms with Crippen molar-refractivity contribution >= 4 is 19.8 Å². The van der Waals surface area contributed by atoms with Crippen LogP contribution in [0, 0.1) is 11.8 Å². The first-order valence-electron chi connectivity index (χ1n) is 21.4. The predicted molar refractivity (Wildman–Crippen MR) is 212 cm³/mol. The van der Waals surface area contributed by atoms with Gasteiger partial charge in [-0.25, -0.2) is 19.2 Å². The Morgan fingerprint density at radius 1 is 0.800 bits per heavy atom. The van der Waals surface area contributed by atoms with Crippen molar-refractivity contribution in [1.82, 2.24) is 0 Å². The molecule has 0 spiro atoms. The molecule has 2 bridgehead atoms. The molecule has 0 aromatic rings. The fourth-order valence-corrected chi connectivity index (χ4v) is 7.84. The summed E-state index contributed by atoms with van der Waals surface area (Å²) in [5.41, 5.74) is 5.35. The standard InChI is InChI=1S/C41H74NO12P/c1-3-5-7-8-9-10-11-12-13-14-15-16-21-25-40(43)48-32-35(33-50-55(46,47)49-30-29-42)51-41(44)26-22-18-17-20-24-36-37(39-31-38(36)53-54-39)28-27-34(52-45)23-19-6-4-2/h17,20,27-28,34-39,45H,3-16,18-19,21-26,29-33,42H2,1-2H3,(H,46,47)/b20-17-,28-27+. The van der Waals surface area contributed by atoms with E-state index < -0.39 is 32.5 Å². The smallest absolute Gasteiger partial charge is 0.462 e. The van der Waals surface area contributed by atoms with Crippen molar-refractivity contribution in [2.75, 3.05) is 26.4 Å². The summed E-state index contributed by atoms with van der Waals surface area (Å²) < 4.78 is 32.8. The quantitative estimate of drug-likeness (QED) is 0.0136. The molecule has 4 N–H and O–H groups in total. The van der Waals surface area contributed by atoms with Crippen LogP contribution in [-0.2, 0) is 47.3 Å². The second-order valence-corrected chi connectivity index (χ2v) is 16.5. The number of ether oxygens (including phenoxy) is 2. The van der Waals surface area contributed by atoms with Crippen LogP contribution < -0.4 is 5.73 Å². The fraction of sp³-hybridized carbons (Fsp3) is 0.854. The van der Waals surface area contributed by atoms with Crippen LogP contribution in [0.25, 0.3) is 0 Å². The Morgan fingerprint density at radius 2 is 1.42 bits per heavy atom. The normalized spacial score (nSPS) is 21.7. The van der Waals surface area contributed by atoms with E-state index in [1.807, 2.05) is 12.2 Å². The second kappa shape index (κ2) is 31.3. The molecule has 0 amide bonds. The number of phosphoric ester groups is 1. The van der Waals surface area contributed by atoms with E-state index in [-0.39, 0.29) is 62.7 Å². The summed E-state index contributed by atoms with van der Waals surface area (Å²) in [5, 5.41) is 9.33. The van der Waals surface area contributed by atoms with Crippen molar-refractivity contribution in [3.8, 4) is 0 Å². The van der Waals surface area contributed by atoms with Crippen molar-refractivity contribution in [2.24, 2.45) is 17.6 Å². The van der Waals surface area contributed by atoms with Gasteiger partial charge >= 0.3 is 19.8 Å². The molecule has 1 saturated heterocycles. The highest BCUT2D eigenvalue weighted by atomic mass is 31.2. The van der Waals surface area contributed by atoms with E-state index in [9.17, 15) is 24.3 Å². The number of carbonyl (C=O) groups is 2. The summed E-state index contributed by atoms with van der Waals surface area (Å²) in [5.74, 6) is -0.566. The number of fused-ring (bicyclic) bond motifs is 2. The molecule has 2 aliphatic rings. The minimum Gasteiger partial charge on any atom is -0.462 e. The molecule has 0 aromatic heterocycles. The molecule has 0 aromatic carbocycles. The van der Waals surface area contributed by atoms with Crippen molar-refractivity contribution in [2.45, 2.75) is 186 Å². The van der Waals surface area contributed by atoms with Gasteiger partial charge in [-0.15, -0.1) is 0 Å². The molecule has 14 heteroatoms. The van der Waals surface area contributed by atoms with Gasteiger partial charge < -0.3 is 20.1 Å². The molecule has 0 radical (unpaired) electrons. The third-order valence-corrected chi connectivity index (χ3v) is 11.3. The average Bonchev–Trinajstić information content (AvgIpc) is 3.79. The number of allylic oxidation sites excluding steroid dienone is 2. The first-order valence-corrected chi connectivity index (χ1v) is 22.8. The third-order valence-electron chi connectivity index (χ3n) is 10.3. The number of esters is 2. The highest BCUT2D eigenvalue weighted by Gasteiger charge is 2.49. The van der Waals surface area contributed by atoms with Crippen LogP contribution in [0.15, 0.2) is 24.3 Å². The lowest BCUT2D eigenvalue weighted by Crippen LogP contribution is -2.29. The molecule has 55 heavy (non-hydrogen) atoms. The number of phosphoric acid groups is 1. The number of rotatable bonds is 36. The van der Waals surface area contributed by atoms with Crippen LogP contribution >= 0.6 is 7.82 Å². The van der Waals surface area contributed by atoms with Crippen molar-refractivity contribution in [3.63, 3.8) is 0 Å². The Morgan fingerprint density at radius 3 is 2.07 bits per heavy atom. The molecular formula is C41H74NO12P. The number of unbranched alkanes of at least 4 members (excludes halogenated alkanes) is 15. The summed E-state index contributed by atoms with van der Waals surface area (Å²) in [6, 6.07) is 0. The van der Waals surface area contributed by atoms with E-state index in [1.165, 1.54) is 57.8 Å². The lowest BCUT2D eigenvalue weighted by Gasteiger charge is -2.27. The lowest BCUT2D eigenvalue weighted by atomic mass is 9.89. The molecule has 1 heterocycles. The highest BCUT2D eigenvalue weighted by Crippen LogP contribution is 2.45. The van der Waals surface area contributed by atoms with Gasteiger partial charge in [0.05, 0.1) is 19.3 Å². The van der Waals surface area contributed by atoms with E-state index in [4.69, 9.17) is 34.0 Å². The topological polar surface area (TPSA) is 182 Å². The predicted octanol–water partition coefficient (Wildman–Crippen LogP) is 9.46. The summed E-state index contributed by atoms with van der Waals surface area (Å²) in [6.45, 7) is 3.44. The first kappa shape index (κ1) is 49.5. The van der Waals surface area contributed by atoms with E-state index in [2.05, 4.69) is 30.9 Å². The number of hydrogen-bond donors (Lipinski definition) is 3. The third kappa shape index (κ3) is 23.4. The summed E-state index contributed by atoms with van der Waals surface area (Å²) in [4.78, 5) is 50.8. The van der Waals surface area contributed by atoms with Crippen LogP contribution in [-0.4, -0.2) is 72.9 Å². The van der Waals surface area contributed by atoms with Crippen LogP contribution in [0.3, 0.4) is 0 Å². The fourth-order valence-electron chi connectivity index (χ4n) is 7.07. The summed E-state index contributed by atoms with van der Waals surface area (Å²) in [7, 11) is -4.43. The van der Waals surface area contributed by atoms with Crippen molar-refractivity contribution in [1.29, 1.82) is 0 Å². The zero-order valence-corrected chi connectivity index (χ0v) is 34.8. The number of nitrogens with two attached hydrogens (primary N) is 1. The van der Waals surface area contributed by atoms with Gasteiger partial charge in [-0.3, -0.25) is 23.9 Å². The Balaban J connectivity index is 1.70. The molecule has 1 aliphatic heterocycles. The molecule has 320 valence electrons. The molecule has 7 unspecified atom stereocenters. The van der Waals surface area contributed by atoms with Gasteiger partial charge in [-0.1, -0.05) is 134 Å². The molecule has 2 fully saturated rings. The Bertz CT molecular complexity index is 1110. The number of carbonyl (C=O) groups excluding carboxylic acids is 2. The molecule has 2 rings (SSSR count). The molecular weight excluding hydrogens is 729 g/mol. The highest BCUT2D eigenvalue weighted by molar-refractivity contribution is 7.47. The van der Waals surface area contributed by atoms with Crippen LogP contribution in [0.2, 0.25) is 0 Å². The largest absolute Gasteiger partial charge is 0.472 e. The van der Waals surface area contributed by atoms with Crippen molar-refractivity contribution in [3.05, 3.63) is 24.3 Å². The molecule has 13 nitrogen and oxygen atoms in total. The average molecular weight is 804 g/mol. The van der Waals surface area contributed by atoms with E-state index in [0.717, 1.165) is 57.8 Å². The van der Waals surface area contributed by atoms with E-state index in [1.54, 1.807) is 0 Å². The van der Waals surface area contributed by atoms with Gasteiger partial charge in [-0.05, 0) is 32.1 Å². The SMILES string of the molecule is CCCCCCCCCCCCCCCC(=O)OCC(COP(=O)(O)OCCN)OC(=O)CCC/C=C\CC1C2CC(OO2)C1/C=C/C(CCCCC)OO. The Hall–Kier alpha value is -1.67. The minimum atomic E-state index is -4.43. The van der Waals surface area contributed by atoms with Gasteiger partial charge in [0.1, 0.15) is 18.8 Å². The summed E-state index contributed by atoms with van der Waals surface area (Å²) >= 11 is 0. The van der Waals surface area contributed by atoms with Crippen LogP contribution in [0.5, 0.6) is 0 Å². The van der Waals surface area contributed by atoms with Gasteiger partial charge in [-0.2, -0.15) is 0 Å². The van der Waals surface area contributed by atoms with Gasteiger partial charge in [0.2, 0.25) is 0 Å². The minimum absolute atomic E-state index is 0.00502. The number of hydrogen-bond acceptors (Lipinski definition) is 12. The Labute approximate surface area is 330 Å². The maximum Gasteiger partial charge on any atom is 0.472 e. The zero-order chi connectivity index (χ0) is 40.0. The van der Waals surface area contributed by atoms with E-state index in [0.29, 0.717) is 19.3 Å². The molecule has 7 atom stereocenters. The lowest BCUT2D eigenvalue weighted by molar-refractivity contribution is -0.336. The maximum absolute atomic E-state index is 12.7. The zero-order valence-electron chi connectivity index (χ0n) is 33.9. The molecule has 1 saturated carbocycles. The van der Waals surface area contributed by atoms with E-state index >= 15 is 0 Å². The van der Waals surface area contributed by atoms with Crippen molar-refractivity contribution < 1.29 is 57.5 Å². The Kier molecular flexibility index (Phi) is 28.2. The molecule has 1 aliphatic carbocycles. The van der Waals surface area contributed by atoms with Crippen LogP contribution in [0.4, 0.5) is 0 Å².